The van der Waals surface area contributed by atoms with Gasteiger partial charge < -0.3 is 20.6 Å². The lowest BCUT2D eigenvalue weighted by Gasteiger charge is -2.37. The fourth-order valence-electron chi connectivity index (χ4n) is 3.48. The van der Waals surface area contributed by atoms with E-state index in [1.54, 1.807) is 11.9 Å². The minimum absolute atomic E-state index is 0.200. The van der Waals surface area contributed by atoms with Crippen molar-refractivity contribution in [3.63, 3.8) is 0 Å². The Hall–Kier alpha value is -1.30. The summed E-state index contributed by atoms with van der Waals surface area (Å²) in [4.78, 5) is 18.4. The molecule has 3 N–H and O–H groups in total. The lowest BCUT2D eigenvalue weighted by molar-refractivity contribution is -0.138. The second kappa shape index (κ2) is 6.86. The molecule has 0 aromatic heterocycles. The number of nitrogens with zero attached hydrogens (tertiary/aromatic N) is 2. The number of nitrogens with one attached hydrogen (secondary N) is 2. The number of rotatable bonds is 5. The molecule has 0 bridgehead atoms. The van der Waals surface area contributed by atoms with Gasteiger partial charge in [0.1, 0.15) is 0 Å². The maximum atomic E-state index is 12.5. The molecule has 2 aliphatic rings. The van der Waals surface area contributed by atoms with Crippen LogP contribution in [0.4, 0.5) is 0 Å². The third-order valence-corrected chi connectivity index (χ3v) is 5.11. The lowest BCUT2D eigenvalue weighted by Crippen LogP contribution is -2.53. The first kappa shape index (κ1) is 17.1. The highest BCUT2D eigenvalue weighted by molar-refractivity contribution is 5.85. The lowest BCUT2D eigenvalue weighted by atomic mass is 9.80. The number of carbonyl (C=O) groups excluding carboxylic acids is 1. The predicted octanol–water partition coefficient (Wildman–Crippen LogP) is 0.715. The fourth-order valence-corrected chi connectivity index (χ4v) is 3.48. The minimum Gasteiger partial charge on any atom is -0.388 e. The van der Waals surface area contributed by atoms with E-state index in [9.17, 15) is 9.90 Å². The largest absolute Gasteiger partial charge is 0.388 e. The minimum atomic E-state index is -0.581. The van der Waals surface area contributed by atoms with E-state index < -0.39 is 5.60 Å². The zero-order chi connectivity index (χ0) is 16.2. The van der Waals surface area contributed by atoms with Crippen LogP contribution in [0.15, 0.2) is 4.99 Å². The van der Waals surface area contributed by atoms with Crippen LogP contribution in [-0.2, 0) is 4.79 Å². The molecule has 1 amide bonds. The summed E-state index contributed by atoms with van der Waals surface area (Å²) in [7, 11) is 5.36. The van der Waals surface area contributed by atoms with Gasteiger partial charge in [-0.3, -0.25) is 9.79 Å². The van der Waals surface area contributed by atoms with Gasteiger partial charge in [-0.25, -0.2) is 0 Å². The summed E-state index contributed by atoms with van der Waals surface area (Å²) >= 11 is 0. The number of hydrogen-bond donors (Lipinski definition) is 3. The van der Waals surface area contributed by atoms with Crippen molar-refractivity contribution in [3.05, 3.63) is 0 Å². The van der Waals surface area contributed by atoms with Crippen LogP contribution < -0.4 is 10.6 Å². The zero-order valence-corrected chi connectivity index (χ0v) is 14.1. The van der Waals surface area contributed by atoms with Crippen molar-refractivity contribution >= 4 is 11.9 Å². The summed E-state index contributed by atoms with van der Waals surface area (Å²) < 4.78 is 0. The summed E-state index contributed by atoms with van der Waals surface area (Å²) in [5, 5.41) is 16.6. The first-order chi connectivity index (χ1) is 10.4. The molecular weight excluding hydrogens is 280 g/mol. The molecule has 6 nitrogen and oxygen atoms in total. The third kappa shape index (κ3) is 3.72. The number of aliphatic hydroxyl groups is 1. The molecule has 0 saturated heterocycles. The summed E-state index contributed by atoms with van der Waals surface area (Å²) in [6.07, 6.45) is 6.85. The van der Waals surface area contributed by atoms with Crippen LogP contribution in [-0.4, -0.2) is 61.7 Å². The van der Waals surface area contributed by atoms with E-state index in [0.29, 0.717) is 19.0 Å². The van der Waals surface area contributed by atoms with E-state index >= 15 is 0 Å². The van der Waals surface area contributed by atoms with E-state index in [1.165, 1.54) is 0 Å². The standard InChI is InChI=1S/C16H30N4O2/c1-17-14(19-12-16(22)9-6-10-16)18-11-15(7-4-5-8-15)13(21)20(2)3/h22H,4-12H2,1-3H3,(H2,17,18,19). The van der Waals surface area contributed by atoms with Gasteiger partial charge in [-0.2, -0.15) is 0 Å². The van der Waals surface area contributed by atoms with Crippen LogP contribution in [0, 0.1) is 5.41 Å². The number of carbonyl (C=O) groups is 1. The van der Waals surface area contributed by atoms with E-state index in [2.05, 4.69) is 15.6 Å². The molecular formula is C16H30N4O2. The van der Waals surface area contributed by atoms with Gasteiger partial charge >= 0.3 is 0 Å². The molecule has 2 fully saturated rings. The van der Waals surface area contributed by atoms with Crippen LogP contribution in [0.2, 0.25) is 0 Å². The van der Waals surface area contributed by atoms with Crippen molar-refractivity contribution < 1.29 is 9.90 Å². The molecule has 2 aliphatic carbocycles. The number of aliphatic imine (C=N–C) groups is 1. The number of hydrogen-bond acceptors (Lipinski definition) is 3. The van der Waals surface area contributed by atoms with Crippen molar-refractivity contribution in [2.75, 3.05) is 34.2 Å². The average molecular weight is 310 g/mol. The maximum absolute atomic E-state index is 12.5. The Bertz CT molecular complexity index is 424. The highest BCUT2D eigenvalue weighted by Gasteiger charge is 2.42. The molecule has 126 valence electrons. The van der Waals surface area contributed by atoms with E-state index in [-0.39, 0.29) is 11.3 Å². The Morgan fingerprint density at radius 1 is 1.09 bits per heavy atom. The Balaban J connectivity index is 1.89. The van der Waals surface area contributed by atoms with Gasteiger partial charge in [-0.15, -0.1) is 0 Å². The molecule has 0 unspecified atom stereocenters. The quantitative estimate of drug-likeness (QED) is 0.516. The Morgan fingerprint density at radius 3 is 2.14 bits per heavy atom. The maximum Gasteiger partial charge on any atom is 0.230 e. The summed E-state index contributed by atoms with van der Waals surface area (Å²) in [5.41, 5.74) is -0.892. The first-order valence-corrected chi connectivity index (χ1v) is 8.30. The first-order valence-electron chi connectivity index (χ1n) is 8.30. The molecule has 6 heteroatoms. The third-order valence-electron chi connectivity index (χ3n) is 5.11. The van der Waals surface area contributed by atoms with Crippen molar-refractivity contribution in [1.82, 2.24) is 15.5 Å². The van der Waals surface area contributed by atoms with Crippen LogP contribution in [0.1, 0.15) is 44.9 Å². The van der Waals surface area contributed by atoms with Crippen LogP contribution in [0.25, 0.3) is 0 Å². The fraction of sp³-hybridized carbons (Fsp3) is 0.875. The molecule has 2 saturated carbocycles. The van der Waals surface area contributed by atoms with E-state index in [4.69, 9.17) is 0 Å². The van der Waals surface area contributed by atoms with Crippen molar-refractivity contribution in [2.24, 2.45) is 10.4 Å². The van der Waals surface area contributed by atoms with E-state index in [1.807, 2.05) is 14.1 Å². The second-order valence-corrected chi connectivity index (χ2v) is 7.04. The van der Waals surface area contributed by atoms with Crippen molar-refractivity contribution in [1.29, 1.82) is 0 Å². The van der Waals surface area contributed by atoms with E-state index in [0.717, 1.165) is 44.9 Å². The van der Waals surface area contributed by atoms with Crippen molar-refractivity contribution in [3.8, 4) is 0 Å². The highest BCUT2D eigenvalue weighted by Crippen LogP contribution is 2.38. The molecule has 2 rings (SSSR count). The SMILES string of the molecule is CN=C(NCC1(O)CCC1)NCC1(C(=O)N(C)C)CCCC1. The summed E-state index contributed by atoms with van der Waals surface area (Å²) in [6, 6.07) is 0. The summed E-state index contributed by atoms with van der Waals surface area (Å²) in [5.74, 6) is 0.865. The molecule has 0 radical (unpaired) electrons. The van der Waals surface area contributed by atoms with Gasteiger partial charge in [-0.1, -0.05) is 12.8 Å². The van der Waals surface area contributed by atoms with Crippen molar-refractivity contribution in [2.45, 2.75) is 50.5 Å². The molecule has 0 aromatic rings. The average Bonchev–Trinajstić information content (AvgIpc) is 2.94. The second-order valence-electron chi connectivity index (χ2n) is 7.04. The molecule has 0 aromatic carbocycles. The Morgan fingerprint density at radius 2 is 1.68 bits per heavy atom. The van der Waals surface area contributed by atoms with Gasteiger partial charge in [0.2, 0.25) is 5.91 Å². The summed E-state index contributed by atoms with van der Waals surface area (Å²) in [6.45, 7) is 1.11. The highest BCUT2D eigenvalue weighted by atomic mass is 16.3. The molecule has 0 heterocycles. The monoisotopic (exact) mass is 310 g/mol. The Labute approximate surface area is 133 Å². The van der Waals surface area contributed by atoms with Gasteiger partial charge in [0, 0.05) is 34.2 Å². The van der Waals surface area contributed by atoms with Gasteiger partial charge in [0.05, 0.1) is 11.0 Å². The predicted molar refractivity (Wildman–Crippen MR) is 87.8 cm³/mol. The normalized spacial score (nSPS) is 22.8. The molecule has 0 aliphatic heterocycles. The molecule has 0 atom stereocenters. The smallest absolute Gasteiger partial charge is 0.230 e. The van der Waals surface area contributed by atoms with Crippen LogP contribution in [0.5, 0.6) is 0 Å². The molecule has 22 heavy (non-hydrogen) atoms. The zero-order valence-electron chi connectivity index (χ0n) is 14.1. The van der Waals surface area contributed by atoms with Crippen LogP contribution >= 0.6 is 0 Å². The van der Waals surface area contributed by atoms with Gasteiger partial charge in [-0.05, 0) is 32.1 Å². The number of guanidine groups is 1. The van der Waals surface area contributed by atoms with Gasteiger partial charge in [0.15, 0.2) is 5.96 Å². The number of amides is 1. The molecule has 0 spiro atoms. The topological polar surface area (TPSA) is 77.0 Å². The Kier molecular flexibility index (Phi) is 5.32. The van der Waals surface area contributed by atoms with Gasteiger partial charge in [0.25, 0.3) is 0 Å². The van der Waals surface area contributed by atoms with Crippen LogP contribution in [0.3, 0.4) is 0 Å².